The van der Waals surface area contributed by atoms with Gasteiger partial charge in [0, 0.05) is 0 Å². The Morgan fingerprint density at radius 2 is 1.50 bits per heavy atom. The minimum Gasteiger partial charge on any atom is -0.106 e. The van der Waals surface area contributed by atoms with Crippen LogP contribution >= 0.6 is 9.24 Å². The number of benzene rings is 1. The van der Waals surface area contributed by atoms with Crippen molar-refractivity contribution in [2.24, 2.45) is 0 Å². The van der Waals surface area contributed by atoms with Gasteiger partial charge in [-0.05, 0) is 5.30 Å². The van der Waals surface area contributed by atoms with Gasteiger partial charge in [-0.1, -0.05) is 30.3 Å². The second-order valence-corrected chi connectivity index (χ2v) is 2.08. The Bertz CT molecular complexity index is 138. The van der Waals surface area contributed by atoms with E-state index in [1.807, 2.05) is 30.3 Å². The first-order valence-electron chi connectivity index (χ1n) is 2.20. The van der Waals surface area contributed by atoms with Crippen LogP contribution in [-0.2, 0) is 0 Å². The fourth-order valence-corrected chi connectivity index (χ4v) is 0.675. The largest absolute Gasteiger partial charge is 0.106 e. The van der Waals surface area contributed by atoms with Gasteiger partial charge in [0.2, 0.25) is 0 Å². The van der Waals surface area contributed by atoms with Crippen LogP contribution in [-0.4, -0.2) is 0 Å². The predicted molar refractivity (Wildman–Crippen MR) is 38.6 cm³/mol. The molecule has 0 N–H and O–H groups in total. The average Bonchev–Trinajstić information content (AvgIpc) is 1.69. The topological polar surface area (TPSA) is 0 Å². The maximum atomic E-state index is 2.63. The van der Waals surface area contributed by atoms with E-state index in [0.717, 1.165) is 0 Å². The third-order valence-electron chi connectivity index (χ3n) is 0.800. The van der Waals surface area contributed by atoms with Crippen molar-refractivity contribution in [2.45, 2.75) is 0 Å². The number of halogens is 1. The van der Waals surface area contributed by atoms with E-state index in [0.29, 0.717) is 0 Å². The summed E-state index contributed by atoms with van der Waals surface area (Å²) in [4.78, 5) is 0. The molecule has 1 rings (SSSR count). The summed E-state index contributed by atoms with van der Waals surface area (Å²) < 4.78 is 0. The van der Waals surface area contributed by atoms with E-state index in [1.54, 1.807) is 0 Å². The minimum atomic E-state index is 0. The molecule has 0 spiro atoms. The van der Waals surface area contributed by atoms with Crippen molar-refractivity contribution >= 4 is 14.5 Å². The highest BCUT2D eigenvalue weighted by atomic mass is 35.5. The monoisotopic (exact) mass is 147 g/mol. The molecule has 0 saturated heterocycles. The summed E-state index contributed by atoms with van der Waals surface area (Å²) in [7, 11) is 2.63. The minimum absolute atomic E-state index is 0. The first-order valence-corrected chi connectivity index (χ1v) is 2.78. The van der Waals surface area contributed by atoms with Gasteiger partial charge in [0.25, 0.3) is 0 Å². The van der Waals surface area contributed by atoms with Crippen LogP contribution in [0.15, 0.2) is 30.3 Å². The Hall–Kier alpha value is -0.0600. The molecule has 1 aromatic carbocycles. The van der Waals surface area contributed by atoms with E-state index >= 15 is 0 Å². The zero-order chi connectivity index (χ0) is 5.11. The molecule has 0 aliphatic rings. The first kappa shape index (κ1) is 7.94. The van der Waals surface area contributed by atoms with Gasteiger partial charge in [-0.3, -0.25) is 0 Å². The number of hydrogen-bond acceptors (Lipinski definition) is 0. The second kappa shape index (κ2) is 3.88. The van der Waals surface area contributed by atoms with Crippen molar-refractivity contribution in [2.75, 3.05) is 0 Å². The first-order chi connectivity index (χ1) is 3.39. The maximum absolute atomic E-state index is 2.63. The van der Waals surface area contributed by atoms with Crippen LogP contribution in [0.3, 0.4) is 0 Å². The van der Waals surface area contributed by atoms with Crippen LogP contribution in [0, 0.1) is 12.4 Å². The summed E-state index contributed by atoms with van der Waals surface area (Å²) >= 11 is 0. The molecule has 8 heavy (non-hydrogen) atoms. The Labute approximate surface area is 57.9 Å². The van der Waals surface area contributed by atoms with E-state index in [4.69, 9.17) is 0 Å². The van der Waals surface area contributed by atoms with E-state index < -0.39 is 0 Å². The van der Waals surface area contributed by atoms with Crippen molar-refractivity contribution in [3.05, 3.63) is 30.3 Å². The fourth-order valence-electron chi connectivity index (χ4n) is 0.453. The highest BCUT2D eigenvalue weighted by molar-refractivity contribution is 7.27. The Balaban J connectivity index is 0.000000490. The summed E-state index contributed by atoms with van der Waals surface area (Å²) in [6.07, 6.45) is 0. The van der Waals surface area contributed by atoms with E-state index in [2.05, 4.69) is 9.24 Å². The van der Waals surface area contributed by atoms with Crippen LogP contribution in [0.4, 0.5) is 0 Å². The SMILES string of the molecule is Pc1ccccc1.[ClH2+]. The lowest BCUT2D eigenvalue weighted by atomic mass is 10.4. The van der Waals surface area contributed by atoms with Gasteiger partial charge in [0.15, 0.2) is 0 Å². The molecule has 1 unspecified atom stereocenters. The molecule has 2 heteroatoms. The van der Waals surface area contributed by atoms with Gasteiger partial charge >= 0.3 is 0 Å². The van der Waals surface area contributed by atoms with Crippen molar-refractivity contribution in [3.63, 3.8) is 0 Å². The Morgan fingerprint density at radius 1 is 1.00 bits per heavy atom. The van der Waals surface area contributed by atoms with Crippen molar-refractivity contribution in [3.8, 4) is 0 Å². The smallest absolute Gasteiger partial charge is 0.0903 e. The summed E-state index contributed by atoms with van der Waals surface area (Å²) in [5.41, 5.74) is 0. The van der Waals surface area contributed by atoms with Crippen LogP contribution < -0.4 is 5.30 Å². The highest BCUT2D eigenvalue weighted by Crippen LogP contribution is 1.86. The fraction of sp³-hybridized carbons (Fsp3) is 0. The molecule has 44 valence electrons. The van der Waals surface area contributed by atoms with Crippen LogP contribution in [0.25, 0.3) is 0 Å². The van der Waals surface area contributed by atoms with Crippen molar-refractivity contribution in [1.29, 1.82) is 0 Å². The molecule has 0 nitrogen and oxygen atoms in total. The summed E-state index contributed by atoms with van der Waals surface area (Å²) in [5.74, 6) is 0. The second-order valence-electron chi connectivity index (χ2n) is 1.41. The standard InChI is InChI=1S/C6H7P.ClH2/c7-6-4-2-1-3-5-6;/h1-5H,7H2;1H2/q;+1. The lowest BCUT2D eigenvalue weighted by Crippen LogP contribution is -1.82. The van der Waals surface area contributed by atoms with Gasteiger partial charge in [0.1, 0.15) is 0 Å². The molecule has 0 aliphatic heterocycles. The average molecular weight is 148 g/mol. The molecular weight excluding hydrogens is 138 g/mol. The third kappa shape index (κ3) is 2.30. The van der Waals surface area contributed by atoms with Crippen molar-refractivity contribution in [1.82, 2.24) is 0 Å². The van der Waals surface area contributed by atoms with E-state index in [9.17, 15) is 0 Å². The predicted octanol–water partition coefficient (Wildman–Crippen LogP) is 0.652. The number of rotatable bonds is 0. The Kier molecular flexibility index (Phi) is 3.85. The van der Waals surface area contributed by atoms with E-state index in [1.165, 1.54) is 5.30 Å². The molecule has 0 aromatic heterocycles. The van der Waals surface area contributed by atoms with Gasteiger partial charge in [-0.25, -0.2) is 0 Å². The molecule has 0 fully saturated rings. The molecule has 1 atom stereocenters. The summed E-state index contributed by atoms with van der Waals surface area (Å²) in [6.45, 7) is 0. The van der Waals surface area contributed by atoms with Crippen LogP contribution in [0.5, 0.6) is 0 Å². The summed E-state index contributed by atoms with van der Waals surface area (Å²) in [6, 6.07) is 10.1. The zero-order valence-electron chi connectivity index (χ0n) is 4.41. The molecule has 0 heterocycles. The van der Waals surface area contributed by atoms with Gasteiger partial charge < -0.3 is 0 Å². The molecule has 1 aromatic rings. The molecular formula is C6H9ClP+. The maximum Gasteiger partial charge on any atom is 0.0903 e. The molecule has 0 amide bonds. The highest BCUT2D eigenvalue weighted by Gasteiger charge is 1.72. The molecule has 0 bridgehead atoms. The number of hydrogen-bond donors (Lipinski definition) is 0. The summed E-state index contributed by atoms with van der Waals surface area (Å²) in [5, 5.41) is 1.24. The van der Waals surface area contributed by atoms with E-state index in [-0.39, 0.29) is 12.4 Å². The van der Waals surface area contributed by atoms with Crippen LogP contribution in [0.2, 0.25) is 0 Å². The van der Waals surface area contributed by atoms with Gasteiger partial charge in [0.05, 0.1) is 12.4 Å². The van der Waals surface area contributed by atoms with Crippen LogP contribution in [0.1, 0.15) is 0 Å². The zero-order valence-corrected chi connectivity index (χ0v) is 6.46. The van der Waals surface area contributed by atoms with Crippen molar-refractivity contribution < 1.29 is 12.4 Å². The third-order valence-corrected chi connectivity index (χ3v) is 1.18. The molecule has 0 saturated carbocycles. The molecule has 0 radical (unpaired) electrons. The molecule has 0 aliphatic carbocycles. The Morgan fingerprint density at radius 3 is 1.75 bits per heavy atom. The normalized spacial score (nSPS) is 7.62. The lowest BCUT2D eigenvalue weighted by Gasteiger charge is -1.82. The lowest BCUT2D eigenvalue weighted by molar-refractivity contribution is -0.00000129. The van der Waals surface area contributed by atoms with Gasteiger partial charge in [-0.2, -0.15) is 0 Å². The quantitative estimate of drug-likeness (QED) is 0.473. The van der Waals surface area contributed by atoms with Gasteiger partial charge in [-0.15, -0.1) is 9.24 Å².